The van der Waals surface area contributed by atoms with E-state index in [1.54, 1.807) is 14.2 Å². The van der Waals surface area contributed by atoms with E-state index in [1.807, 2.05) is 36.4 Å². The van der Waals surface area contributed by atoms with E-state index >= 15 is 0 Å². The molecule has 0 saturated carbocycles. The van der Waals surface area contributed by atoms with Gasteiger partial charge in [-0.1, -0.05) is 23.7 Å². The molecule has 6 rings (SSSR count). The van der Waals surface area contributed by atoms with Crippen molar-refractivity contribution < 1.29 is 18.9 Å². The number of hydrogen-bond acceptors (Lipinski definition) is 7. The molecule has 1 fully saturated rings. The molecule has 8 nitrogen and oxygen atoms in total. The second-order valence-corrected chi connectivity index (χ2v) is 10.9. The topological polar surface area (TPSA) is 61.2 Å². The van der Waals surface area contributed by atoms with E-state index in [4.69, 9.17) is 35.6 Å². The zero-order valence-corrected chi connectivity index (χ0v) is 24.2. The van der Waals surface area contributed by atoms with Gasteiger partial charge in [0.15, 0.2) is 23.0 Å². The monoisotopic (exact) mass is 562 g/mol. The highest BCUT2D eigenvalue weighted by Crippen LogP contribution is 2.38. The number of methoxy groups -OCH3 is 2. The number of hydrogen-bond donors (Lipinski definition) is 0. The van der Waals surface area contributed by atoms with Crippen molar-refractivity contribution >= 4 is 28.2 Å². The van der Waals surface area contributed by atoms with E-state index in [2.05, 4.69) is 40.5 Å². The van der Waals surface area contributed by atoms with E-state index in [0.717, 1.165) is 76.8 Å². The first-order valence-corrected chi connectivity index (χ1v) is 14.1. The minimum atomic E-state index is 0.243. The van der Waals surface area contributed by atoms with Crippen molar-refractivity contribution in [1.29, 1.82) is 0 Å². The Labute approximate surface area is 239 Å². The predicted molar refractivity (Wildman–Crippen MR) is 158 cm³/mol. The summed E-state index contributed by atoms with van der Waals surface area (Å²) in [6, 6.07) is 16.6. The Kier molecular flexibility index (Phi) is 7.38. The maximum Gasteiger partial charge on any atom is 0.231 e. The van der Waals surface area contributed by atoms with Gasteiger partial charge >= 0.3 is 0 Å². The first-order valence-electron chi connectivity index (χ1n) is 13.7. The molecular weight excluding hydrogens is 528 g/mol. The van der Waals surface area contributed by atoms with Crippen LogP contribution in [0.4, 0.5) is 5.69 Å². The van der Waals surface area contributed by atoms with Crippen LogP contribution in [0.25, 0.3) is 10.9 Å². The van der Waals surface area contributed by atoms with Crippen LogP contribution in [0.3, 0.4) is 0 Å². The lowest BCUT2D eigenvalue weighted by molar-refractivity contribution is 0.174. The number of halogens is 1. The number of aromatic nitrogens is 2. The number of fused-ring (bicyclic) bond motifs is 2. The molecule has 210 valence electrons. The first kappa shape index (κ1) is 26.6. The van der Waals surface area contributed by atoms with Gasteiger partial charge < -0.3 is 23.8 Å². The minimum absolute atomic E-state index is 0.243. The molecule has 2 aliphatic heterocycles. The standard InChI is InChI=1S/C31H35ClN4O4/c1-20(34-10-12-35(13-11-34)26-7-5-6-24(32)21(26)2)14-25-23-16-30-31(40-19-39-30)17-27(23)36(33-25)18-22-8-9-28(37-3)29(15-22)38-4/h5-9,15-17,20H,10-14,18-19H2,1-4H3. The smallest absolute Gasteiger partial charge is 0.231 e. The summed E-state index contributed by atoms with van der Waals surface area (Å²) in [6.45, 7) is 9.16. The Morgan fingerprint density at radius 3 is 2.45 bits per heavy atom. The highest BCUT2D eigenvalue weighted by Gasteiger charge is 2.26. The predicted octanol–water partition coefficient (Wildman–Crippen LogP) is 5.55. The summed E-state index contributed by atoms with van der Waals surface area (Å²) in [5, 5.41) is 7.05. The van der Waals surface area contributed by atoms with Crippen molar-refractivity contribution in [2.45, 2.75) is 32.9 Å². The summed E-state index contributed by atoms with van der Waals surface area (Å²) >= 11 is 6.39. The molecule has 0 aliphatic carbocycles. The molecule has 4 aromatic rings. The summed E-state index contributed by atoms with van der Waals surface area (Å²) in [5.74, 6) is 2.95. The molecule has 3 heterocycles. The Morgan fingerprint density at radius 1 is 0.950 bits per heavy atom. The molecule has 0 N–H and O–H groups in total. The van der Waals surface area contributed by atoms with Gasteiger partial charge in [-0.2, -0.15) is 5.10 Å². The number of benzene rings is 3. The Hall–Kier alpha value is -3.62. The maximum atomic E-state index is 6.39. The second kappa shape index (κ2) is 11.1. The molecule has 1 unspecified atom stereocenters. The van der Waals surface area contributed by atoms with Crippen molar-refractivity contribution in [3.8, 4) is 23.0 Å². The molecule has 0 bridgehead atoms. The van der Waals surface area contributed by atoms with Crippen LogP contribution in [0.1, 0.15) is 23.7 Å². The largest absolute Gasteiger partial charge is 0.493 e. The van der Waals surface area contributed by atoms with E-state index in [1.165, 1.54) is 5.69 Å². The fourth-order valence-corrected chi connectivity index (χ4v) is 5.97. The van der Waals surface area contributed by atoms with Gasteiger partial charge in [-0.25, -0.2) is 0 Å². The third-order valence-corrected chi connectivity index (χ3v) is 8.52. The van der Waals surface area contributed by atoms with Crippen LogP contribution in [0.2, 0.25) is 5.02 Å². The summed E-state index contributed by atoms with van der Waals surface area (Å²) in [6.07, 6.45) is 0.839. The molecule has 0 amide bonds. The number of anilines is 1. The van der Waals surface area contributed by atoms with Crippen molar-refractivity contribution in [2.75, 3.05) is 52.1 Å². The molecule has 0 radical (unpaired) electrons. The van der Waals surface area contributed by atoms with Gasteiger partial charge in [0.2, 0.25) is 6.79 Å². The molecule has 0 spiro atoms. The van der Waals surface area contributed by atoms with Gasteiger partial charge in [0.25, 0.3) is 0 Å². The third-order valence-electron chi connectivity index (χ3n) is 8.11. The molecule has 40 heavy (non-hydrogen) atoms. The highest BCUT2D eigenvalue weighted by atomic mass is 35.5. The molecule has 1 aromatic heterocycles. The van der Waals surface area contributed by atoms with Gasteiger partial charge in [0, 0.05) is 60.8 Å². The van der Waals surface area contributed by atoms with Crippen LogP contribution < -0.4 is 23.8 Å². The number of ether oxygens (including phenoxy) is 4. The Balaban J connectivity index is 1.23. The van der Waals surface area contributed by atoms with Crippen LogP contribution in [0, 0.1) is 6.92 Å². The second-order valence-electron chi connectivity index (χ2n) is 10.5. The summed E-state index contributed by atoms with van der Waals surface area (Å²) < 4.78 is 24.4. The molecular formula is C31H35ClN4O4. The van der Waals surface area contributed by atoms with Crippen LogP contribution in [0.15, 0.2) is 48.5 Å². The van der Waals surface area contributed by atoms with E-state index in [-0.39, 0.29) is 6.79 Å². The number of piperazine rings is 1. The van der Waals surface area contributed by atoms with Gasteiger partial charge in [0.1, 0.15) is 0 Å². The van der Waals surface area contributed by atoms with Crippen molar-refractivity contribution in [2.24, 2.45) is 0 Å². The normalized spacial score (nSPS) is 16.0. The summed E-state index contributed by atoms with van der Waals surface area (Å²) in [7, 11) is 3.30. The zero-order chi connectivity index (χ0) is 27.8. The van der Waals surface area contributed by atoms with Gasteiger partial charge in [-0.05, 0) is 55.3 Å². The van der Waals surface area contributed by atoms with Crippen LogP contribution in [-0.4, -0.2) is 67.9 Å². The summed E-state index contributed by atoms with van der Waals surface area (Å²) in [4.78, 5) is 5.00. The Morgan fingerprint density at radius 2 is 1.70 bits per heavy atom. The van der Waals surface area contributed by atoms with E-state index in [9.17, 15) is 0 Å². The third kappa shape index (κ3) is 5.02. The molecule has 9 heteroatoms. The van der Waals surface area contributed by atoms with Gasteiger partial charge in [-0.3, -0.25) is 9.58 Å². The average molecular weight is 563 g/mol. The SMILES string of the molecule is COc1ccc(Cn2nc(CC(C)N3CCN(c4cccc(Cl)c4C)CC3)c3cc4c(cc32)OCO4)cc1OC. The van der Waals surface area contributed by atoms with Crippen LogP contribution in [0.5, 0.6) is 23.0 Å². The van der Waals surface area contributed by atoms with Crippen LogP contribution >= 0.6 is 11.6 Å². The molecule has 1 saturated heterocycles. The number of nitrogens with zero attached hydrogens (tertiary/aromatic N) is 4. The lowest BCUT2D eigenvalue weighted by Gasteiger charge is -2.39. The van der Waals surface area contributed by atoms with E-state index in [0.29, 0.717) is 24.1 Å². The lowest BCUT2D eigenvalue weighted by atomic mass is 10.1. The minimum Gasteiger partial charge on any atom is -0.493 e. The van der Waals surface area contributed by atoms with Gasteiger partial charge in [-0.15, -0.1) is 0 Å². The van der Waals surface area contributed by atoms with Crippen molar-refractivity contribution in [1.82, 2.24) is 14.7 Å². The van der Waals surface area contributed by atoms with Crippen molar-refractivity contribution in [3.63, 3.8) is 0 Å². The fraction of sp³-hybridized carbons (Fsp3) is 0.387. The fourth-order valence-electron chi connectivity index (χ4n) is 5.80. The van der Waals surface area contributed by atoms with Crippen LogP contribution in [-0.2, 0) is 13.0 Å². The quantitative estimate of drug-likeness (QED) is 0.279. The first-order chi connectivity index (χ1) is 19.4. The molecule has 2 aliphatic rings. The zero-order valence-electron chi connectivity index (χ0n) is 23.4. The summed E-state index contributed by atoms with van der Waals surface area (Å²) in [5.41, 5.74) is 5.55. The van der Waals surface area contributed by atoms with Crippen molar-refractivity contribution in [3.05, 3.63) is 70.4 Å². The maximum absolute atomic E-state index is 6.39. The molecule has 1 atom stereocenters. The average Bonchev–Trinajstić information content (AvgIpc) is 3.57. The highest BCUT2D eigenvalue weighted by molar-refractivity contribution is 6.31. The molecule has 3 aromatic carbocycles. The number of rotatable bonds is 8. The Bertz CT molecular complexity index is 1530. The van der Waals surface area contributed by atoms with E-state index < -0.39 is 0 Å². The lowest BCUT2D eigenvalue weighted by Crippen LogP contribution is -2.50. The van der Waals surface area contributed by atoms with Gasteiger partial charge in [0.05, 0.1) is 32.0 Å².